The van der Waals surface area contributed by atoms with E-state index in [1.807, 2.05) is 19.9 Å². The lowest BCUT2D eigenvalue weighted by Crippen LogP contribution is -2.40. The second-order valence-corrected chi connectivity index (χ2v) is 6.99. The van der Waals surface area contributed by atoms with Gasteiger partial charge in [0.25, 0.3) is 5.91 Å². The number of benzene rings is 1. The molecule has 2 N–H and O–H groups in total. The molecule has 0 aliphatic carbocycles. The largest absolute Gasteiger partial charge is 0.388 e. The Morgan fingerprint density at radius 2 is 1.92 bits per heavy atom. The van der Waals surface area contributed by atoms with Crippen LogP contribution in [0, 0.1) is 11.7 Å². The number of likely N-dealkylation sites (tertiary alicyclic amines) is 1. The number of hydrogen-bond acceptors (Lipinski definition) is 3. The summed E-state index contributed by atoms with van der Waals surface area (Å²) in [7, 11) is 0. The number of carbonyl (C=O) groups excluding carboxylic acids is 1. The summed E-state index contributed by atoms with van der Waals surface area (Å²) in [6.07, 6.45) is 0.799. The third kappa shape index (κ3) is 3.90. The number of halogens is 1. The van der Waals surface area contributed by atoms with E-state index in [4.69, 9.17) is 0 Å². The van der Waals surface area contributed by atoms with E-state index in [9.17, 15) is 14.3 Å². The molecule has 1 atom stereocenters. The number of hydrogen-bond donors (Lipinski definition) is 2. The quantitative estimate of drug-likeness (QED) is 0.894. The third-order valence-corrected chi connectivity index (χ3v) is 4.92. The van der Waals surface area contributed by atoms with E-state index >= 15 is 0 Å². The molecule has 0 saturated carbocycles. The SMILES string of the molecule is CC(C)c1cc(C(=O)N2CCC(C(O)c3ccc(F)cc3)CC2)n[nH]1. The number of aromatic nitrogens is 2. The first-order valence-corrected chi connectivity index (χ1v) is 8.74. The van der Waals surface area contributed by atoms with Crippen LogP contribution in [-0.4, -0.2) is 39.2 Å². The molecule has 1 fully saturated rings. The van der Waals surface area contributed by atoms with Crippen LogP contribution in [0.25, 0.3) is 0 Å². The highest BCUT2D eigenvalue weighted by atomic mass is 19.1. The van der Waals surface area contributed by atoms with Gasteiger partial charge in [0.2, 0.25) is 0 Å². The molecule has 1 amide bonds. The maximum absolute atomic E-state index is 13.0. The summed E-state index contributed by atoms with van der Waals surface area (Å²) < 4.78 is 13.0. The molecule has 1 aromatic heterocycles. The van der Waals surface area contributed by atoms with Gasteiger partial charge in [-0.3, -0.25) is 9.89 Å². The molecule has 1 saturated heterocycles. The van der Waals surface area contributed by atoms with Gasteiger partial charge in [0, 0.05) is 18.8 Å². The first-order chi connectivity index (χ1) is 12.0. The van der Waals surface area contributed by atoms with E-state index in [1.54, 1.807) is 17.0 Å². The fraction of sp³-hybridized carbons (Fsp3) is 0.474. The third-order valence-electron chi connectivity index (χ3n) is 4.92. The lowest BCUT2D eigenvalue weighted by Gasteiger charge is -2.34. The standard InChI is InChI=1S/C19H24FN3O2/c1-12(2)16-11-17(22-21-16)19(25)23-9-7-14(8-10-23)18(24)13-3-5-15(20)6-4-13/h3-6,11-12,14,18,24H,7-10H2,1-2H3,(H,21,22). The zero-order valence-corrected chi connectivity index (χ0v) is 14.6. The molecule has 25 heavy (non-hydrogen) atoms. The number of carbonyl (C=O) groups is 1. The van der Waals surface area contributed by atoms with Crippen molar-refractivity contribution in [1.82, 2.24) is 15.1 Å². The smallest absolute Gasteiger partial charge is 0.274 e. The first kappa shape index (κ1) is 17.6. The molecule has 3 rings (SSSR count). The van der Waals surface area contributed by atoms with Crippen LogP contribution < -0.4 is 0 Å². The van der Waals surface area contributed by atoms with Crippen LogP contribution in [0.15, 0.2) is 30.3 Å². The fourth-order valence-electron chi connectivity index (χ4n) is 3.25. The first-order valence-electron chi connectivity index (χ1n) is 8.74. The van der Waals surface area contributed by atoms with Crippen LogP contribution in [0.1, 0.15) is 60.5 Å². The average molecular weight is 345 g/mol. The Labute approximate surface area is 146 Å². The summed E-state index contributed by atoms with van der Waals surface area (Å²) in [5.41, 5.74) is 2.12. The van der Waals surface area contributed by atoms with Gasteiger partial charge in [-0.25, -0.2) is 4.39 Å². The number of amides is 1. The molecule has 1 unspecified atom stereocenters. The Bertz CT molecular complexity index is 719. The Morgan fingerprint density at radius 3 is 2.48 bits per heavy atom. The van der Waals surface area contributed by atoms with Crippen LogP contribution >= 0.6 is 0 Å². The molecule has 6 heteroatoms. The van der Waals surface area contributed by atoms with Crippen LogP contribution in [0.4, 0.5) is 4.39 Å². The lowest BCUT2D eigenvalue weighted by molar-refractivity contribution is 0.0458. The molecule has 0 bridgehead atoms. The molecule has 5 nitrogen and oxygen atoms in total. The molecular formula is C19H24FN3O2. The fourth-order valence-corrected chi connectivity index (χ4v) is 3.25. The van der Waals surface area contributed by atoms with Gasteiger partial charge < -0.3 is 10.0 Å². The summed E-state index contributed by atoms with van der Waals surface area (Å²) >= 11 is 0. The molecule has 1 aromatic carbocycles. The van der Waals surface area contributed by atoms with E-state index in [2.05, 4.69) is 10.2 Å². The summed E-state index contributed by atoms with van der Waals surface area (Å²) in [6.45, 7) is 5.27. The summed E-state index contributed by atoms with van der Waals surface area (Å²) in [4.78, 5) is 14.3. The maximum Gasteiger partial charge on any atom is 0.274 e. The highest BCUT2D eigenvalue weighted by Crippen LogP contribution is 2.31. The molecule has 2 heterocycles. The van der Waals surface area contributed by atoms with Crippen molar-refractivity contribution in [2.24, 2.45) is 5.92 Å². The van der Waals surface area contributed by atoms with Crippen molar-refractivity contribution in [3.63, 3.8) is 0 Å². The monoisotopic (exact) mass is 345 g/mol. The van der Waals surface area contributed by atoms with Gasteiger partial charge in [-0.15, -0.1) is 0 Å². The number of piperidine rings is 1. The minimum Gasteiger partial charge on any atom is -0.388 e. The predicted octanol–water partition coefficient (Wildman–Crippen LogP) is 3.26. The molecule has 0 spiro atoms. The maximum atomic E-state index is 13.0. The number of rotatable bonds is 4. The zero-order valence-electron chi connectivity index (χ0n) is 14.6. The number of nitrogens with one attached hydrogen (secondary N) is 1. The van der Waals surface area contributed by atoms with Crippen LogP contribution in [0.3, 0.4) is 0 Å². The molecule has 134 valence electrons. The van der Waals surface area contributed by atoms with Gasteiger partial charge in [0.15, 0.2) is 0 Å². The number of aliphatic hydroxyl groups excluding tert-OH is 1. The number of aromatic amines is 1. The van der Waals surface area contributed by atoms with Gasteiger partial charge in [0.1, 0.15) is 11.5 Å². The van der Waals surface area contributed by atoms with Gasteiger partial charge in [-0.1, -0.05) is 26.0 Å². The number of aliphatic hydroxyl groups is 1. The molecular weight excluding hydrogens is 321 g/mol. The second-order valence-electron chi connectivity index (χ2n) is 6.99. The molecule has 1 aliphatic heterocycles. The Kier molecular flexibility index (Phi) is 5.18. The van der Waals surface area contributed by atoms with Crippen molar-refractivity contribution < 1.29 is 14.3 Å². The van der Waals surface area contributed by atoms with Crippen molar-refractivity contribution in [3.05, 3.63) is 53.1 Å². The van der Waals surface area contributed by atoms with Gasteiger partial charge >= 0.3 is 0 Å². The van der Waals surface area contributed by atoms with Crippen molar-refractivity contribution >= 4 is 5.91 Å². The van der Waals surface area contributed by atoms with E-state index in [0.717, 1.165) is 11.3 Å². The highest BCUT2D eigenvalue weighted by Gasteiger charge is 2.29. The van der Waals surface area contributed by atoms with Gasteiger partial charge in [-0.2, -0.15) is 5.10 Å². The van der Waals surface area contributed by atoms with E-state index in [0.29, 0.717) is 37.5 Å². The molecule has 1 aliphatic rings. The second kappa shape index (κ2) is 7.35. The Morgan fingerprint density at radius 1 is 1.28 bits per heavy atom. The van der Waals surface area contributed by atoms with Crippen molar-refractivity contribution in [1.29, 1.82) is 0 Å². The molecule has 0 radical (unpaired) electrons. The van der Waals surface area contributed by atoms with Crippen molar-refractivity contribution in [3.8, 4) is 0 Å². The topological polar surface area (TPSA) is 69.2 Å². The zero-order chi connectivity index (χ0) is 18.0. The van der Waals surface area contributed by atoms with Crippen molar-refractivity contribution in [2.45, 2.75) is 38.7 Å². The summed E-state index contributed by atoms with van der Waals surface area (Å²) in [6, 6.07) is 7.78. The predicted molar refractivity (Wildman–Crippen MR) is 92.7 cm³/mol. The minimum atomic E-state index is -0.629. The lowest BCUT2D eigenvalue weighted by atomic mass is 9.87. The number of nitrogens with zero attached hydrogens (tertiary/aromatic N) is 2. The minimum absolute atomic E-state index is 0.0694. The van der Waals surface area contributed by atoms with Crippen molar-refractivity contribution in [2.75, 3.05) is 13.1 Å². The Hall–Kier alpha value is -2.21. The van der Waals surface area contributed by atoms with E-state index < -0.39 is 6.10 Å². The Balaban J connectivity index is 1.59. The average Bonchev–Trinajstić information content (AvgIpc) is 3.12. The van der Waals surface area contributed by atoms with E-state index in [1.165, 1.54) is 12.1 Å². The number of H-pyrrole nitrogens is 1. The molecule has 2 aromatic rings. The summed E-state index contributed by atoms with van der Waals surface area (Å²) in [5.74, 6) is -0.0143. The van der Waals surface area contributed by atoms with Gasteiger partial charge in [0.05, 0.1) is 6.10 Å². The van der Waals surface area contributed by atoms with E-state index in [-0.39, 0.29) is 17.6 Å². The summed E-state index contributed by atoms with van der Waals surface area (Å²) in [5, 5.41) is 17.5. The van der Waals surface area contributed by atoms with Crippen LogP contribution in [0.2, 0.25) is 0 Å². The van der Waals surface area contributed by atoms with Crippen LogP contribution in [-0.2, 0) is 0 Å². The normalized spacial score (nSPS) is 17.1. The highest BCUT2D eigenvalue weighted by molar-refractivity contribution is 5.92. The van der Waals surface area contributed by atoms with Gasteiger partial charge in [-0.05, 0) is 48.4 Å². The van der Waals surface area contributed by atoms with Crippen LogP contribution in [0.5, 0.6) is 0 Å².